The maximum Gasteiger partial charge on any atom is 0.253 e. The van der Waals surface area contributed by atoms with E-state index in [1.807, 2.05) is 12.1 Å². The van der Waals surface area contributed by atoms with E-state index in [0.717, 1.165) is 5.56 Å². The van der Waals surface area contributed by atoms with Crippen LogP contribution in [0, 0.1) is 0 Å². The number of imide groups is 1. The summed E-state index contributed by atoms with van der Waals surface area (Å²) in [5.74, 6) is 0.148. The van der Waals surface area contributed by atoms with Crippen molar-refractivity contribution in [3.63, 3.8) is 0 Å². The number of nitrogens with zero attached hydrogens (tertiary/aromatic N) is 2. The topological polar surface area (TPSA) is 66.9 Å². The second-order valence-electron chi connectivity index (χ2n) is 6.58. The first-order valence-corrected chi connectivity index (χ1v) is 9.38. The van der Waals surface area contributed by atoms with Gasteiger partial charge >= 0.3 is 0 Å². The third kappa shape index (κ3) is 4.70. The standard InChI is InChI=1S/C21H21ClN2O4/c1-23(12-13-28-18-5-3-2-4-17(18)22)21(27)16-8-6-15(7-9-16)14-24-19(25)10-11-20(24)26/h2-9H,10-14H2,1H3. The predicted molar refractivity (Wildman–Crippen MR) is 105 cm³/mol. The lowest BCUT2D eigenvalue weighted by Gasteiger charge is -2.18. The van der Waals surface area contributed by atoms with Crippen molar-refractivity contribution >= 4 is 29.3 Å². The van der Waals surface area contributed by atoms with Crippen LogP contribution in [0.15, 0.2) is 48.5 Å². The zero-order valence-electron chi connectivity index (χ0n) is 15.6. The quantitative estimate of drug-likeness (QED) is 0.670. The number of likely N-dealkylation sites (tertiary alicyclic amines) is 1. The number of ether oxygens (including phenoxy) is 1. The summed E-state index contributed by atoms with van der Waals surface area (Å²) >= 11 is 6.04. The Hall–Kier alpha value is -2.86. The molecule has 3 rings (SSSR count). The van der Waals surface area contributed by atoms with E-state index in [1.165, 1.54) is 4.90 Å². The second kappa shape index (κ2) is 8.89. The van der Waals surface area contributed by atoms with Gasteiger partial charge in [0.25, 0.3) is 5.91 Å². The summed E-state index contributed by atoms with van der Waals surface area (Å²) in [5, 5.41) is 0.530. The van der Waals surface area contributed by atoms with E-state index in [2.05, 4.69) is 0 Å². The molecule has 1 aliphatic heterocycles. The maximum atomic E-state index is 12.5. The van der Waals surface area contributed by atoms with Gasteiger partial charge in [0.05, 0.1) is 18.1 Å². The molecule has 7 heteroatoms. The molecular weight excluding hydrogens is 380 g/mol. The van der Waals surface area contributed by atoms with E-state index in [1.54, 1.807) is 48.3 Å². The van der Waals surface area contributed by atoms with Gasteiger partial charge in [0.1, 0.15) is 12.4 Å². The average molecular weight is 401 g/mol. The molecule has 0 N–H and O–H groups in total. The first-order chi connectivity index (χ1) is 13.5. The Labute approximate surface area is 168 Å². The number of halogens is 1. The summed E-state index contributed by atoms with van der Waals surface area (Å²) in [6, 6.07) is 14.1. The third-order valence-electron chi connectivity index (χ3n) is 4.56. The van der Waals surface area contributed by atoms with Crippen molar-refractivity contribution in [2.75, 3.05) is 20.2 Å². The van der Waals surface area contributed by atoms with Crippen LogP contribution in [0.1, 0.15) is 28.8 Å². The molecule has 1 fully saturated rings. The number of hydrogen-bond acceptors (Lipinski definition) is 4. The molecule has 6 nitrogen and oxygen atoms in total. The Morgan fingerprint density at radius 2 is 1.71 bits per heavy atom. The van der Waals surface area contributed by atoms with Crippen molar-refractivity contribution in [2.45, 2.75) is 19.4 Å². The van der Waals surface area contributed by atoms with E-state index in [9.17, 15) is 14.4 Å². The summed E-state index contributed by atoms with van der Waals surface area (Å²) in [6.07, 6.45) is 0.549. The largest absolute Gasteiger partial charge is 0.490 e. The Balaban J connectivity index is 1.52. The Kier molecular flexibility index (Phi) is 6.31. The minimum atomic E-state index is -0.150. The number of carbonyl (C=O) groups excluding carboxylic acids is 3. The number of rotatable bonds is 7. The van der Waals surface area contributed by atoms with Crippen LogP contribution in [0.5, 0.6) is 5.75 Å². The molecule has 0 bridgehead atoms. The Morgan fingerprint density at radius 1 is 1.07 bits per heavy atom. The molecule has 2 aromatic rings. The summed E-state index contributed by atoms with van der Waals surface area (Å²) in [6.45, 7) is 0.972. The molecule has 3 amide bonds. The molecular formula is C21H21ClN2O4. The predicted octanol–water partition coefficient (Wildman–Crippen LogP) is 3.14. The number of carbonyl (C=O) groups is 3. The Bertz CT molecular complexity index is 866. The van der Waals surface area contributed by atoms with Gasteiger partial charge in [0, 0.05) is 25.5 Å². The fourth-order valence-corrected chi connectivity index (χ4v) is 3.10. The molecule has 1 heterocycles. The van der Waals surface area contributed by atoms with Crippen LogP contribution in [0.3, 0.4) is 0 Å². The lowest BCUT2D eigenvalue weighted by atomic mass is 10.1. The van der Waals surface area contributed by atoms with Gasteiger partial charge in [0.15, 0.2) is 0 Å². The molecule has 1 saturated heterocycles. The van der Waals surface area contributed by atoms with Crippen LogP contribution in [-0.4, -0.2) is 47.7 Å². The Morgan fingerprint density at radius 3 is 2.36 bits per heavy atom. The molecule has 0 spiro atoms. The number of benzene rings is 2. The summed E-state index contributed by atoms with van der Waals surface area (Å²) in [4.78, 5) is 38.8. The van der Waals surface area contributed by atoms with Crippen molar-refractivity contribution in [2.24, 2.45) is 0 Å². The number of hydrogen-bond donors (Lipinski definition) is 0. The molecule has 0 saturated carbocycles. The smallest absolute Gasteiger partial charge is 0.253 e. The van der Waals surface area contributed by atoms with Crippen LogP contribution in [0.4, 0.5) is 0 Å². The van der Waals surface area contributed by atoms with Crippen molar-refractivity contribution < 1.29 is 19.1 Å². The van der Waals surface area contributed by atoms with Gasteiger partial charge in [-0.05, 0) is 29.8 Å². The van der Waals surface area contributed by atoms with Gasteiger partial charge < -0.3 is 9.64 Å². The van der Waals surface area contributed by atoms with E-state index >= 15 is 0 Å². The first-order valence-electron chi connectivity index (χ1n) is 9.00. The van der Waals surface area contributed by atoms with Crippen molar-refractivity contribution in [3.05, 3.63) is 64.7 Å². The second-order valence-corrected chi connectivity index (χ2v) is 6.98. The number of amides is 3. The highest BCUT2D eigenvalue weighted by Gasteiger charge is 2.28. The van der Waals surface area contributed by atoms with Gasteiger partial charge in [-0.2, -0.15) is 0 Å². The van der Waals surface area contributed by atoms with Crippen LogP contribution in [-0.2, 0) is 16.1 Å². The summed E-state index contributed by atoms with van der Waals surface area (Å²) in [7, 11) is 1.70. The van der Waals surface area contributed by atoms with Gasteiger partial charge in [-0.15, -0.1) is 0 Å². The van der Waals surface area contributed by atoms with Crippen molar-refractivity contribution in [1.82, 2.24) is 9.80 Å². The summed E-state index contributed by atoms with van der Waals surface area (Å²) < 4.78 is 5.61. The first kappa shape index (κ1) is 19.9. The molecule has 28 heavy (non-hydrogen) atoms. The molecule has 0 aliphatic carbocycles. The van der Waals surface area contributed by atoms with E-state index < -0.39 is 0 Å². The van der Waals surface area contributed by atoms with Crippen LogP contribution < -0.4 is 4.74 Å². The van der Waals surface area contributed by atoms with Gasteiger partial charge in [-0.3, -0.25) is 19.3 Å². The lowest BCUT2D eigenvalue weighted by Crippen LogP contribution is -2.31. The van der Waals surface area contributed by atoms with Crippen LogP contribution >= 0.6 is 11.6 Å². The monoisotopic (exact) mass is 400 g/mol. The van der Waals surface area contributed by atoms with E-state index in [-0.39, 0.29) is 37.1 Å². The van der Waals surface area contributed by atoms with Crippen molar-refractivity contribution in [3.8, 4) is 5.75 Å². The zero-order valence-corrected chi connectivity index (χ0v) is 16.3. The number of likely N-dealkylation sites (N-methyl/N-ethyl adjacent to an activating group) is 1. The average Bonchev–Trinajstić information content (AvgIpc) is 3.01. The van der Waals surface area contributed by atoms with Crippen LogP contribution in [0.25, 0.3) is 0 Å². The molecule has 0 atom stereocenters. The molecule has 2 aromatic carbocycles. The SMILES string of the molecule is CN(CCOc1ccccc1Cl)C(=O)c1ccc(CN2C(=O)CCC2=O)cc1. The lowest BCUT2D eigenvalue weighted by molar-refractivity contribution is -0.139. The molecule has 0 radical (unpaired) electrons. The van der Waals surface area contributed by atoms with E-state index in [4.69, 9.17) is 16.3 Å². The zero-order chi connectivity index (χ0) is 20.1. The number of para-hydroxylation sites is 1. The fraction of sp³-hybridized carbons (Fsp3) is 0.286. The third-order valence-corrected chi connectivity index (χ3v) is 4.88. The molecule has 146 valence electrons. The molecule has 1 aliphatic rings. The minimum absolute atomic E-state index is 0.136. The normalized spacial score (nSPS) is 13.7. The maximum absolute atomic E-state index is 12.5. The van der Waals surface area contributed by atoms with Gasteiger partial charge in [0.2, 0.25) is 11.8 Å². The van der Waals surface area contributed by atoms with Gasteiger partial charge in [-0.1, -0.05) is 35.9 Å². The fourth-order valence-electron chi connectivity index (χ4n) is 2.91. The highest BCUT2D eigenvalue weighted by atomic mass is 35.5. The van der Waals surface area contributed by atoms with E-state index in [0.29, 0.717) is 29.5 Å². The van der Waals surface area contributed by atoms with Crippen LogP contribution in [0.2, 0.25) is 5.02 Å². The van der Waals surface area contributed by atoms with Gasteiger partial charge in [-0.25, -0.2) is 0 Å². The highest BCUT2D eigenvalue weighted by molar-refractivity contribution is 6.32. The highest BCUT2D eigenvalue weighted by Crippen LogP contribution is 2.23. The molecule has 0 aromatic heterocycles. The molecule has 0 unspecified atom stereocenters. The summed E-state index contributed by atoms with van der Waals surface area (Å²) in [5.41, 5.74) is 1.34. The van der Waals surface area contributed by atoms with Crippen molar-refractivity contribution in [1.29, 1.82) is 0 Å². The minimum Gasteiger partial charge on any atom is -0.490 e.